The van der Waals surface area contributed by atoms with Gasteiger partial charge >= 0.3 is 6.09 Å². The van der Waals surface area contributed by atoms with Crippen molar-refractivity contribution in [3.63, 3.8) is 0 Å². The van der Waals surface area contributed by atoms with Crippen LogP contribution >= 0.6 is 0 Å². The predicted octanol–water partition coefficient (Wildman–Crippen LogP) is 5.06. The fourth-order valence-corrected chi connectivity index (χ4v) is 10.6. The van der Waals surface area contributed by atoms with E-state index in [1.807, 2.05) is 32.9 Å². The standard InChI is InChI=1S/C45H62N6O10S/c1-7-13-38(52)50(5)37-23-36-32-20-28(35(59-6)22-33(32)46-37)16-12-19-44(3,4)26-60-43(56)47-39(27-14-10-9-11-15-27)41(54)51-25-30(61-36)21-34(51)40(53)48-45(24-29(45)8-2)42(55)49-62(57,58)31-17-18-31/h8,20,22-23,27,29-31,34,39H,2,7,9-19,21,24-26H2,1,3-6H3,(H,47,56)(H,48,53)(H,49,55)/t29-,30+,34-,39-,45?/m0/s1. The lowest BCUT2D eigenvalue weighted by Crippen LogP contribution is -2.59. The molecular formula is C45H62N6O10S. The SMILES string of the molecule is C=C[C@H]1CC1(NC(=O)[C@@H]1C[C@@H]2CN1C(=O)[C@H](C1CCCCC1)NC(=O)OCC(C)(C)CCCc1cc3c(cc(N(C)C(=O)CCC)nc3cc1OC)O2)C(=O)NS(=O)(=O)C1CC1. The number of nitrogens with zero attached hydrogens (tertiary/aromatic N) is 3. The van der Waals surface area contributed by atoms with Crippen molar-refractivity contribution in [3.05, 3.63) is 36.4 Å². The summed E-state index contributed by atoms with van der Waals surface area (Å²) in [6.45, 7) is 9.83. The van der Waals surface area contributed by atoms with Gasteiger partial charge in [0, 0.05) is 43.3 Å². The van der Waals surface area contributed by atoms with Crippen LogP contribution in [-0.4, -0.2) is 104 Å². The van der Waals surface area contributed by atoms with E-state index in [9.17, 15) is 27.6 Å². The van der Waals surface area contributed by atoms with E-state index in [1.54, 1.807) is 20.2 Å². The smallest absolute Gasteiger partial charge is 0.407 e. The number of sulfonamides is 1. The number of methoxy groups -OCH3 is 1. The highest BCUT2D eigenvalue weighted by Gasteiger charge is 2.62. The summed E-state index contributed by atoms with van der Waals surface area (Å²) in [7, 11) is -0.689. The van der Waals surface area contributed by atoms with E-state index in [0.717, 1.165) is 31.2 Å². The number of ether oxygens (including phenoxy) is 3. The summed E-state index contributed by atoms with van der Waals surface area (Å²) >= 11 is 0. The van der Waals surface area contributed by atoms with Crippen molar-refractivity contribution in [1.29, 1.82) is 0 Å². The minimum Gasteiger partial charge on any atom is -0.496 e. The van der Waals surface area contributed by atoms with Crippen molar-refractivity contribution in [1.82, 2.24) is 25.2 Å². The number of hydrogen-bond donors (Lipinski definition) is 3. The molecule has 5 aliphatic rings. The van der Waals surface area contributed by atoms with Crippen LogP contribution < -0.4 is 29.7 Å². The molecule has 1 aromatic carbocycles. The Morgan fingerprint density at radius 3 is 2.50 bits per heavy atom. The topological polar surface area (TPSA) is 203 Å². The monoisotopic (exact) mass is 878 g/mol. The van der Waals surface area contributed by atoms with Crippen LogP contribution in [0.1, 0.15) is 110 Å². The molecule has 16 nitrogen and oxygen atoms in total. The van der Waals surface area contributed by atoms with Gasteiger partial charge in [-0.1, -0.05) is 46.1 Å². The van der Waals surface area contributed by atoms with E-state index in [1.165, 1.54) is 15.9 Å². The van der Waals surface area contributed by atoms with Crippen molar-refractivity contribution in [2.75, 3.05) is 32.2 Å². The molecule has 3 saturated carbocycles. The van der Waals surface area contributed by atoms with E-state index in [4.69, 9.17) is 19.2 Å². The minimum absolute atomic E-state index is 0.00279. The van der Waals surface area contributed by atoms with Gasteiger partial charge in [-0.2, -0.15) is 0 Å². The number of carbonyl (C=O) groups is 5. The zero-order valence-electron chi connectivity index (χ0n) is 36.6. The highest BCUT2D eigenvalue weighted by molar-refractivity contribution is 7.91. The number of fused-ring (bicyclic) bond motifs is 3. The molecule has 3 N–H and O–H groups in total. The van der Waals surface area contributed by atoms with Crippen LogP contribution in [0, 0.1) is 17.3 Å². The van der Waals surface area contributed by atoms with Crippen molar-refractivity contribution in [2.24, 2.45) is 17.3 Å². The van der Waals surface area contributed by atoms with Crippen molar-refractivity contribution in [2.45, 2.75) is 140 Å². The van der Waals surface area contributed by atoms with Crippen molar-refractivity contribution in [3.8, 4) is 11.5 Å². The van der Waals surface area contributed by atoms with E-state index >= 15 is 4.79 Å². The van der Waals surface area contributed by atoms with Crippen LogP contribution in [0.25, 0.3) is 10.9 Å². The molecule has 1 aromatic heterocycles. The summed E-state index contributed by atoms with van der Waals surface area (Å²) < 4.78 is 46.4. The Hall–Kier alpha value is -4.93. The first-order valence-corrected chi connectivity index (χ1v) is 23.7. The molecule has 338 valence electrons. The number of nitrogens with one attached hydrogen (secondary N) is 3. The maximum atomic E-state index is 15.0. The number of anilines is 1. The van der Waals surface area contributed by atoms with Gasteiger partial charge in [0.15, 0.2) is 0 Å². The molecule has 0 spiro atoms. The van der Waals surface area contributed by atoms with Crippen LogP contribution in [0.15, 0.2) is 30.9 Å². The summed E-state index contributed by atoms with van der Waals surface area (Å²) in [5, 5.41) is 5.75. The predicted molar refractivity (Wildman–Crippen MR) is 232 cm³/mol. The number of benzene rings is 1. The molecular weight excluding hydrogens is 817 g/mol. The molecule has 62 heavy (non-hydrogen) atoms. The van der Waals surface area contributed by atoms with Gasteiger partial charge in [0.1, 0.15) is 41.0 Å². The van der Waals surface area contributed by atoms with Gasteiger partial charge in [0.05, 0.1) is 31.0 Å². The lowest BCUT2D eigenvalue weighted by Gasteiger charge is -2.35. The number of aromatic nitrogens is 1. The number of amides is 5. The molecule has 4 fully saturated rings. The number of carbonyl (C=O) groups excluding carboxylic acids is 5. The number of aryl methyl sites for hydroxylation is 1. The molecule has 2 aromatic rings. The van der Waals surface area contributed by atoms with Crippen LogP contribution in [0.4, 0.5) is 10.6 Å². The zero-order chi connectivity index (χ0) is 44.6. The van der Waals surface area contributed by atoms with Gasteiger partial charge < -0.3 is 29.7 Å². The fraction of sp³-hybridized carbons (Fsp3) is 0.644. The van der Waals surface area contributed by atoms with Gasteiger partial charge in [-0.05, 0) is 80.8 Å². The average molecular weight is 879 g/mol. The highest BCUT2D eigenvalue weighted by Crippen LogP contribution is 2.46. The van der Waals surface area contributed by atoms with Gasteiger partial charge in [-0.15, -0.1) is 6.58 Å². The number of pyridine rings is 1. The van der Waals surface area contributed by atoms with Crippen molar-refractivity contribution >= 4 is 56.5 Å². The largest absolute Gasteiger partial charge is 0.496 e. The number of cyclic esters (lactones) is 1. The summed E-state index contributed by atoms with van der Waals surface area (Å²) in [5.74, 6) is -1.53. The highest BCUT2D eigenvalue weighted by atomic mass is 32.2. The van der Waals surface area contributed by atoms with E-state index in [-0.39, 0.29) is 37.8 Å². The third kappa shape index (κ3) is 9.66. The quantitative estimate of drug-likeness (QED) is 0.255. The van der Waals surface area contributed by atoms with Crippen LogP contribution in [0.2, 0.25) is 0 Å². The number of hydrogen-bond acceptors (Lipinski definition) is 11. The summed E-state index contributed by atoms with van der Waals surface area (Å²) in [6.07, 6.45) is 8.20. The third-order valence-corrected chi connectivity index (χ3v) is 15.1. The summed E-state index contributed by atoms with van der Waals surface area (Å²) in [6, 6.07) is 3.31. The Morgan fingerprint density at radius 2 is 1.84 bits per heavy atom. The second kappa shape index (κ2) is 18.0. The molecule has 3 heterocycles. The summed E-state index contributed by atoms with van der Waals surface area (Å²) in [4.78, 5) is 78.0. The maximum absolute atomic E-state index is 15.0. The van der Waals surface area contributed by atoms with E-state index in [2.05, 4.69) is 21.9 Å². The molecule has 3 aliphatic carbocycles. The number of alkyl carbamates (subject to hydrolysis) is 1. The normalized spacial score (nSPS) is 26.9. The van der Waals surface area contributed by atoms with Crippen LogP contribution in [-0.2, 0) is 40.4 Å². The molecule has 17 heteroatoms. The lowest BCUT2D eigenvalue weighted by atomic mass is 9.83. The fourth-order valence-electron chi connectivity index (χ4n) is 9.28. The molecule has 5 atom stereocenters. The Bertz CT molecular complexity index is 2200. The first kappa shape index (κ1) is 45.1. The third-order valence-electron chi connectivity index (χ3n) is 13.3. The van der Waals surface area contributed by atoms with Crippen LogP contribution in [0.3, 0.4) is 0 Å². The maximum Gasteiger partial charge on any atom is 0.407 e. The zero-order valence-corrected chi connectivity index (χ0v) is 37.4. The lowest BCUT2D eigenvalue weighted by molar-refractivity contribution is -0.142. The molecule has 1 unspecified atom stereocenters. The van der Waals surface area contributed by atoms with Gasteiger partial charge in [0.25, 0.3) is 5.91 Å². The molecule has 4 bridgehead atoms. The van der Waals surface area contributed by atoms with Gasteiger partial charge in [-0.3, -0.25) is 28.8 Å². The molecule has 0 radical (unpaired) electrons. The Kier molecular flexibility index (Phi) is 13.1. The van der Waals surface area contributed by atoms with E-state index < -0.39 is 74.1 Å². The van der Waals surface area contributed by atoms with Crippen LogP contribution in [0.5, 0.6) is 11.5 Å². The first-order chi connectivity index (χ1) is 29.5. The second-order valence-corrected chi connectivity index (χ2v) is 20.6. The summed E-state index contributed by atoms with van der Waals surface area (Å²) in [5.41, 5.74) is -0.569. The number of rotatable bonds is 11. The molecule has 7 rings (SSSR count). The average Bonchev–Trinajstić information content (AvgIpc) is 4.18. The molecule has 1 saturated heterocycles. The van der Waals surface area contributed by atoms with E-state index in [0.29, 0.717) is 79.6 Å². The van der Waals surface area contributed by atoms with Crippen molar-refractivity contribution < 1.29 is 46.6 Å². The second-order valence-electron chi connectivity index (χ2n) is 18.6. The molecule has 5 amide bonds. The van der Waals surface area contributed by atoms with Gasteiger partial charge in [0.2, 0.25) is 27.7 Å². The Labute approximate surface area is 364 Å². The minimum atomic E-state index is -3.93. The Balaban J connectivity index is 1.29. The first-order valence-electron chi connectivity index (χ1n) is 22.2. The molecule has 2 aliphatic heterocycles. The Morgan fingerprint density at radius 1 is 1.10 bits per heavy atom. The van der Waals surface area contributed by atoms with Gasteiger partial charge in [-0.25, -0.2) is 18.2 Å².